The van der Waals surface area contributed by atoms with Gasteiger partial charge in [0.2, 0.25) is 0 Å². The van der Waals surface area contributed by atoms with Gasteiger partial charge in [-0.15, -0.1) is 11.8 Å². The van der Waals surface area contributed by atoms with E-state index in [2.05, 4.69) is 11.8 Å². The molecule has 0 radical (unpaired) electrons. The van der Waals surface area contributed by atoms with Gasteiger partial charge in [-0.2, -0.15) is 0 Å². The van der Waals surface area contributed by atoms with Crippen molar-refractivity contribution >= 4 is 52.5 Å². The molecule has 0 spiro atoms. The molecule has 0 aromatic heterocycles. The molecule has 0 bridgehead atoms. The van der Waals surface area contributed by atoms with E-state index in [-0.39, 0.29) is 23.2 Å². The summed E-state index contributed by atoms with van der Waals surface area (Å²) in [6.07, 6.45) is 0. The summed E-state index contributed by atoms with van der Waals surface area (Å²) in [5.41, 5.74) is 1.61. The van der Waals surface area contributed by atoms with Crippen LogP contribution in [0.2, 0.25) is 10.0 Å². The van der Waals surface area contributed by atoms with Crippen molar-refractivity contribution in [2.24, 2.45) is 0 Å². The Morgan fingerprint density at radius 3 is 2.61 bits per heavy atom. The van der Waals surface area contributed by atoms with Crippen LogP contribution in [0.5, 0.6) is 0 Å². The monoisotopic (exact) mass is 480 g/mol. The molecule has 8 heteroatoms. The van der Waals surface area contributed by atoms with Crippen molar-refractivity contribution in [1.82, 2.24) is 4.90 Å². The quantitative estimate of drug-likeness (QED) is 0.409. The number of nitrogens with zero attached hydrogens (tertiary/aromatic N) is 2. The summed E-state index contributed by atoms with van der Waals surface area (Å²) in [5, 5.41) is 0.783. The smallest absolute Gasteiger partial charge is 0.319 e. The highest BCUT2D eigenvalue weighted by atomic mass is 35.5. The molecule has 1 amide bonds. The Kier molecular flexibility index (Phi) is 8.14. The van der Waals surface area contributed by atoms with Gasteiger partial charge in [-0.05, 0) is 57.2 Å². The summed E-state index contributed by atoms with van der Waals surface area (Å²) < 4.78 is 5.04. The average Bonchev–Trinajstić information content (AvgIpc) is 2.74. The lowest BCUT2D eigenvalue weighted by molar-refractivity contribution is -0.142. The van der Waals surface area contributed by atoms with E-state index in [1.165, 1.54) is 11.8 Å². The van der Waals surface area contributed by atoms with Crippen LogP contribution in [0.4, 0.5) is 5.69 Å². The van der Waals surface area contributed by atoms with Gasteiger partial charge in [0.25, 0.3) is 5.91 Å². The Labute approximate surface area is 197 Å². The van der Waals surface area contributed by atoms with Gasteiger partial charge in [-0.3, -0.25) is 9.59 Å². The summed E-state index contributed by atoms with van der Waals surface area (Å²) in [4.78, 5) is 29.8. The summed E-state index contributed by atoms with van der Waals surface area (Å²) in [5.74, 6) is -0.329. The summed E-state index contributed by atoms with van der Waals surface area (Å²) in [6.45, 7) is 7.95. The molecule has 166 valence electrons. The third kappa shape index (κ3) is 5.88. The van der Waals surface area contributed by atoms with Crippen LogP contribution in [0.3, 0.4) is 0 Å². The van der Waals surface area contributed by atoms with E-state index in [9.17, 15) is 9.59 Å². The van der Waals surface area contributed by atoms with Crippen molar-refractivity contribution in [2.75, 3.05) is 31.1 Å². The number of thioether (sulfide) groups is 1. The molecule has 31 heavy (non-hydrogen) atoms. The number of hydrogen-bond donors (Lipinski definition) is 0. The van der Waals surface area contributed by atoms with Gasteiger partial charge in [0.1, 0.15) is 5.25 Å². The van der Waals surface area contributed by atoms with Gasteiger partial charge in [0.15, 0.2) is 0 Å². The standard InChI is InChI=1S/C23H26Cl2N2O3S/c1-4-30-23(29)16(3)31-21-9-8-17(12-20(21)25)22(28)26-10-11-27(15(2)14-26)19-7-5-6-18(24)13-19/h5-9,12-13,15-16H,4,10-11,14H2,1-3H3/t15-,16?/m0/s1. The van der Waals surface area contributed by atoms with Gasteiger partial charge in [-0.25, -0.2) is 0 Å². The summed E-state index contributed by atoms with van der Waals surface area (Å²) in [6, 6.07) is 13.2. The highest BCUT2D eigenvalue weighted by Crippen LogP contribution is 2.32. The highest BCUT2D eigenvalue weighted by Gasteiger charge is 2.28. The first kappa shape index (κ1) is 23.8. The molecule has 2 aromatic rings. The first-order chi connectivity index (χ1) is 14.8. The third-order valence-electron chi connectivity index (χ3n) is 5.16. The predicted molar refractivity (Wildman–Crippen MR) is 128 cm³/mol. The van der Waals surface area contributed by atoms with Crippen molar-refractivity contribution < 1.29 is 14.3 Å². The molecular weight excluding hydrogens is 455 g/mol. The van der Waals surface area contributed by atoms with Gasteiger partial charge >= 0.3 is 5.97 Å². The van der Waals surface area contributed by atoms with Crippen LogP contribution in [0.1, 0.15) is 31.1 Å². The Hall–Kier alpha value is -1.89. The molecule has 1 fully saturated rings. The Morgan fingerprint density at radius 2 is 1.97 bits per heavy atom. The third-order valence-corrected chi connectivity index (χ3v) is 6.97. The molecule has 2 aromatic carbocycles. The van der Waals surface area contributed by atoms with Crippen molar-refractivity contribution in [3.05, 3.63) is 58.1 Å². The zero-order valence-corrected chi connectivity index (χ0v) is 20.1. The van der Waals surface area contributed by atoms with Gasteiger partial charge in [0.05, 0.1) is 11.6 Å². The van der Waals surface area contributed by atoms with Crippen molar-refractivity contribution in [1.29, 1.82) is 0 Å². The molecule has 0 aliphatic carbocycles. The maximum atomic E-state index is 13.1. The summed E-state index contributed by atoms with van der Waals surface area (Å²) >= 11 is 13.9. The zero-order chi connectivity index (χ0) is 22.5. The van der Waals surface area contributed by atoms with E-state index in [1.807, 2.05) is 29.2 Å². The predicted octanol–water partition coefficient (Wildman–Crippen LogP) is 5.39. The molecule has 2 atom stereocenters. The van der Waals surface area contributed by atoms with Gasteiger partial charge < -0.3 is 14.5 Å². The number of halogens is 2. The lowest BCUT2D eigenvalue weighted by Gasteiger charge is -2.41. The highest BCUT2D eigenvalue weighted by molar-refractivity contribution is 8.00. The number of carbonyl (C=O) groups is 2. The molecule has 1 aliphatic rings. The lowest BCUT2D eigenvalue weighted by Crippen LogP contribution is -2.53. The van der Waals surface area contributed by atoms with E-state index < -0.39 is 0 Å². The molecule has 0 N–H and O–H groups in total. The lowest BCUT2D eigenvalue weighted by atomic mass is 10.1. The normalized spacial score (nSPS) is 17.4. The van der Waals surface area contributed by atoms with Crippen molar-refractivity contribution in [3.63, 3.8) is 0 Å². The minimum atomic E-state index is -0.376. The second kappa shape index (κ2) is 10.6. The van der Waals surface area contributed by atoms with Crippen molar-refractivity contribution in [3.8, 4) is 0 Å². The number of benzene rings is 2. The number of anilines is 1. The van der Waals surface area contributed by atoms with Crippen LogP contribution in [0.25, 0.3) is 0 Å². The maximum Gasteiger partial charge on any atom is 0.319 e. The van der Waals surface area contributed by atoms with Gasteiger partial charge in [0, 0.05) is 46.8 Å². The number of piperazine rings is 1. The number of carbonyl (C=O) groups excluding carboxylic acids is 2. The minimum Gasteiger partial charge on any atom is -0.465 e. The SMILES string of the molecule is CCOC(=O)C(C)Sc1ccc(C(=O)N2CCN(c3cccc(Cl)c3)[C@@H](C)C2)cc1Cl. The van der Waals surface area contributed by atoms with E-state index in [4.69, 9.17) is 27.9 Å². The van der Waals surface area contributed by atoms with Crippen LogP contribution in [-0.4, -0.2) is 54.3 Å². The van der Waals surface area contributed by atoms with Crippen molar-refractivity contribution in [2.45, 2.75) is 37.0 Å². The number of amides is 1. The largest absolute Gasteiger partial charge is 0.465 e. The molecule has 3 rings (SSSR count). The van der Waals surface area contributed by atoms with Crippen LogP contribution in [0, 0.1) is 0 Å². The molecule has 1 aliphatic heterocycles. The number of ether oxygens (including phenoxy) is 1. The number of rotatable bonds is 6. The van der Waals surface area contributed by atoms with E-state index in [0.29, 0.717) is 35.3 Å². The fourth-order valence-electron chi connectivity index (χ4n) is 3.59. The Balaban J connectivity index is 1.65. The van der Waals surface area contributed by atoms with E-state index >= 15 is 0 Å². The minimum absolute atomic E-state index is 0.0468. The van der Waals surface area contributed by atoms with Gasteiger partial charge in [-0.1, -0.05) is 29.3 Å². The zero-order valence-electron chi connectivity index (χ0n) is 17.8. The summed E-state index contributed by atoms with van der Waals surface area (Å²) in [7, 11) is 0. The second-order valence-corrected chi connectivity index (χ2v) is 9.66. The molecule has 1 saturated heterocycles. The second-order valence-electron chi connectivity index (χ2n) is 7.43. The molecule has 5 nitrogen and oxygen atoms in total. The van der Waals surface area contributed by atoms with E-state index in [1.54, 1.807) is 32.0 Å². The number of esters is 1. The first-order valence-electron chi connectivity index (χ1n) is 10.2. The Bertz CT molecular complexity index is 956. The van der Waals surface area contributed by atoms with E-state index in [0.717, 1.165) is 17.1 Å². The molecular formula is C23H26Cl2N2O3S. The molecule has 1 heterocycles. The van der Waals surface area contributed by atoms with Crippen LogP contribution >= 0.6 is 35.0 Å². The fraction of sp³-hybridized carbons (Fsp3) is 0.391. The number of hydrogen-bond acceptors (Lipinski definition) is 5. The van der Waals surface area contributed by atoms with Crippen LogP contribution in [-0.2, 0) is 9.53 Å². The molecule has 1 unspecified atom stereocenters. The maximum absolute atomic E-state index is 13.1. The van der Waals surface area contributed by atoms with Crippen LogP contribution in [0.15, 0.2) is 47.4 Å². The Morgan fingerprint density at radius 1 is 1.19 bits per heavy atom. The average molecular weight is 481 g/mol. The molecule has 0 saturated carbocycles. The topological polar surface area (TPSA) is 49.9 Å². The first-order valence-corrected chi connectivity index (χ1v) is 11.9. The van der Waals surface area contributed by atoms with Crippen LogP contribution < -0.4 is 4.90 Å². The fourth-order valence-corrected chi connectivity index (χ4v) is 4.95.